The lowest BCUT2D eigenvalue weighted by Crippen LogP contribution is -1.87. The third-order valence-corrected chi connectivity index (χ3v) is 10.3. The average molecular weight is 541 g/mol. The van der Waals surface area contributed by atoms with Crippen LogP contribution in [0.3, 0.4) is 0 Å². The van der Waals surface area contributed by atoms with Crippen LogP contribution in [-0.2, 0) is 0 Å². The molecule has 9 rings (SSSR count). The highest BCUT2D eigenvalue weighted by Gasteiger charge is 2.25. The summed E-state index contributed by atoms with van der Waals surface area (Å²) in [7, 11) is 0. The van der Waals surface area contributed by atoms with Crippen LogP contribution in [0, 0.1) is 6.92 Å². The summed E-state index contributed by atoms with van der Waals surface area (Å²) in [6.07, 6.45) is 8.00. The predicted octanol–water partition coefficient (Wildman–Crippen LogP) is 8.53. The van der Waals surface area contributed by atoms with Crippen LogP contribution >= 0.6 is 22.7 Å². The molecule has 6 nitrogen and oxygen atoms in total. The Morgan fingerprint density at radius 3 is 1.90 bits per heavy atom. The molecule has 0 radical (unpaired) electrons. The van der Waals surface area contributed by atoms with E-state index in [2.05, 4.69) is 105 Å². The van der Waals surface area contributed by atoms with Crippen molar-refractivity contribution in [1.82, 2.24) is 28.7 Å². The van der Waals surface area contributed by atoms with Crippen molar-refractivity contribution in [3.63, 3.8) is 0 Å². The zero-order valence-corrected chi connectivity index (χ0v) is 22.4. The zero-order chi connectivity index (χ0) is 25.7. The number of aromatic amines is 2. The largest absolute Gasteiger partial charge is 0.330 e. The molecule has 0 amide bonds. The quantitative estimate of drug-likeness (QED) is 0.236. The Morgan fingerprint density at radius 2 is 1.26 bits per heavy atom. The summed E-state index contributed by atoms with van der Waals surface area (Å²) in [5.74, 6) is 1.73. The first kappa shape index (κ1) is 21.3. The first-order valence-electron chi connectivity index (χ1n) is 12.8. The van der Waals surface area contributed by atoms with E-state index in [1.807, 2.05) is 35.1 Å². The van der Waals surface area contributed by atoms with Crippen LogP contribution in [0.15, 0.2) is 91.5 Å². The minimum atomic E-state index is 0.862. The maximum atomic E-state index is 4.82. The molecule has 3 aromatic carbocycles. The van der Waals surface area contributed by atoms with E-state index in [-0.39, 0.29) is 0 Å². The van der Waals surface area contributed by atoms with E-state index < -0.39 is 0 Å². The average Bonchev–Trinajstić information content (AvgIpc) is 3.78. The molecule has 0 spiro atoms. The smallest absolute Gasteiger partial charge is 0.212 e. The highest BCUT2D eigenvalue weighted by atomic mass is 32.2. The third kappa shape index (κ3) is 2.84. The third-order valence-electron chi connectivity index (χ3n) is 7.63. The normalized spacial score (nSPS) is 12.2. The Balaban J connectivity index is 1.38. The van der Waals surface area contributed by atoms with Gasteiger partial charge in [0.15, 0.2) is 0 Å². The number of H-pyrrole nitrogens is 2. The number of benzene rings is 3. The van der Waals surface area contributed by atoms with Crippen molar-refractivity contribution >= 4 is 65.7 Å². The van der Waals surface area contributed by atoms with Gasteiger partial charge in [-0.1, -0.05) is 54.6 Å². The molecule has 6 heterocycles. The van der Waals surface area contributed by atoms with Gasteiger partial charge in [-0.05, 0) is 30.2 Å². The fraction of sp³-hybridized carbons (Fsp3) is 0.0323. The number of rotatable bonds is 3. The van der Waals surface area contributed by atoms with Crippen LogP contribution in [-0.4, -0.2) is 28.7 Å². The van der Waals surface area contributed by atoms with Gasteiger partial charge in [-0.15, -0.1) is 22.7 Å². The van der Waals surface area contributed by atoms with Crippen molar-refractivity contribution in [3.05, 3.63) is 97.1 Å². The molecular formula is C31H20N6S2. The van der Waals surface area contributed by atoms with Gasteiger partial charge in [-0.25, -0.2) is 9.97 Å². The predicted molar refractivity (Wildman–Crippen MR) is 162 cm³/mol. The molecular weight excluding hydrogens is 521 g/mol. The van der Waals surface area contributed by atoms with E-state index in [0.29, 0.717) is 0 Å². The van der Waals surface area contributed by atoms with Gasteiger partial charge in [0, 0.05) is 56.6 Å². The summed E-state index contributed by atoms with van der Waals surface area (Å²) >= 11 is 3.76. The summed E-state index contributed by atoms with van der Waals surface area (Å²) in [6.45, 7) is 2.27. The van der Waals surface area contributed by atoms with Crippen LogP contribution < -0.4 is 0 Å². The number of imidazole rings is 4. The molecule has 0 fully saturated rings. The lowest BCUT2D eigenvalue weighted by Gasteiger charge is -2.09. The Labute approximate surface area is 229 Å². The van der Waals surface area contributed by atoms with E-state index in [1.165, 1.54) is 47.0 Å². The summed E-state index contributed by atoms with van der Waals surface area (Å²) < 4.78 is 5.65. The molecule has 9 aromatic rings. The number of hydrogen-bond donors (Lipinski definition) is 2. The van der Waals surface area contributed by atoms with Gasteiger partial charge in [0.1, 0.15) is 0 Å². The van der Waals surface area contributed by atoms with Gasteiger partial charge in [0.2, 0.25) is 11.6 Å². The van der Waals surface area contributed by atoms with Gasteiger partial charge in [-0.3, -0.25) is 8.80 Å². The van der Waals surface area contributed by atoms with Crippen molar-refractivity contribution in [2.24, 2.45) is 0 Å². The van der Waals surface area contributed by atoms with Gasteiger partial charge in [0.05, 0.1) is 26.1 Å². The molecule has 0 aliphatic rings. The SMILES string of the molecule is Cc1c(-c2cccc3nc4[nH]ccn4c23)sc2sc(-c3cccc4nc5[nH]ccn5c34)c(-c3ccccc3)c12. The second-order valence-corrected chi connectivity index (χ2v) is 12.1. The molecule has 2 N–H and O–H groups in total. The van der Waals surface area contributed by atoms with Crippen molar-refractivity contribution in [3.8, 4) is 32.0 Å². The van der Waals surface area contributed by atoms with Crippen molar-refractivity contribution in [2.45, 2.75) is 6.92 Å². The number of thiophene rings is 2. The zero-order valence-electron chi connectivity index (χ0n) is 20.8. The van der Waals surface area contributed by atoms with E-state index in [9.17, 15) is 0 Å². The maximum Gasteiger partial charge on any atom is 0.212 e. The summed E-state index contributed by atoms with van der Waals surface area (Å²) in [6, 6.07) is 23.7. The highest BCUT2D eigenvalue weighted by Crippen LogP contribution is 2.53. The second-order valence-electron chi connectivity index (χ2n) is 9.77. The fourth-order valence-electron chi connectivity index (χ4n) is 5.96. The van der Waals surface area contributed by atoms with Gasteiger partial charge in [-0.2, -0.15) is 0 Å². The number of aromatic nitrogens is 6. The van der Waals surface area contributed by atoms with Crippen LogP contribution in [0.5, 0.6) is 0 Å². The van der Waals surface area contributed by atoms with Crippen molar-refractivity contribution in [1.29, 1.82) is 0 Å². The van der Waals surface area contributed by atoms with Crippen molar-refractivity contribution < 1.29 is 0 Å². The fourth-order valence-corrected chi connectivity index (χ4v) is 8.84. The number of fused-ring (bicyclic) bond motifs is 7. The van der Waals surface area contributed by atoms with Crippen LogP contribution in [0.1, 0.15) is 5.56 Å². The highest BCUT2D eigenvalue weighted by molar-refractivity contribution is 7.41. The Morgan fingerprint density at radius 1 is 0.667 bits per heavy atom. The van der Waals surface area contributed by atoms with Crippen molar-refractivity contribution in [2.75, 3.05) is 0 Å². The lowest BCUT2D eigenvalue weighted by atomic mass is 9.96. The standard InChI is InChI=1S/C31H20N6S2/c1-17-23-24(18-7-3-2-4-8-18)28(20-10-6-12-22-26(20)37-16-14-33-31(37)35-22)39-29(23)38-27(17)19-9-5-11-21-25(19)36-15-13-32-30(36)34-21/h2-16H,1H3,(H,32,34)(H,33,35). The molecule has 0 unspecified atom stereocenters. The minimum Gasteiger partial charge on any atom is -0.330 e. The van der Waals surface area contributed by atoms with E-state index in [0.717, 1.165) is 33.6 Å². The summed E-state index contributed by atoms with van der Waals surface area (Å²) in [4.78, 5) is 18.7. The molecule has 0 saturated heterocycles. The van der Waals surface area contributed by atoms with Gasteiger partial charge < -0.3 is 9.97 Å². The Hall–Kier alpha value is -4.66. The number of para-hydroxylation sites is 2. The Kier molecular flexibility index (Phi) is 4.20. The molecule has 0 aliphatic heterocycles. The first-order chi connectivity index (χ1) is 19.3. The topological polar surface area (TPSA) is 66.2 Å². The molecule has 0 saturated carbocycles. The molecule has 186 valence electrons. The molecule has 0 bridgehead atoms. The van der Waals surface area contributed by atoms with Gasteiger partial charge >= 0.3 is 0 Å². The first-order valence-corrected chi connectivity index (χ1v) is 14.4. The summed E-state index contributed by atoms with van der Waals surface area (Å²) in [5.41, 5.74) is 10.5. The van der Waals surface area contributed by atoms with E-state index >= 15 is 0 Å². The monoisotopic (exact) mass is 540 g/mol. The molecule has 8 heteroatoms. The van der Waals surface area contributed by atoms with Gasteiger partial charge in [0.25, 0.3) is 0 Å². The number of hydrogen-bond acceptors (Lipinski definition) is 4. The van der Waals surface area contributed by atoms with Crippen LogP contribution in [0.4, 0.5) is 0 Å². The van der Waals surface area contributed by atoms with E-state index in [1.54, 1.807) is 0 Å². The number of aryl methyl sites for hydroxylation is 1. The Bertz CT molecular complexity index is 2360. The minimum absolute atomic E-state index is 0.862. The van der Waals surface area contributed by atoms with Crippen LogP contribution in [0.25, 0.3) is 75.0 Å². The number of nitrogens with zero attached hydrogens (tertiary/aromatic N) is 4. The second kappa shape index (κ2) is 7.69. The molecule has 0 atom stereocenters. The summed E-state index contributed by atoms with van der Waals surface area (Å²) in [5, 5.41) is 1.33. The molecule has 39 heavy (non-hydrogen) atoms. The lowest BCUT2D eigenvalue weighted by molar-refractivity contribution is 1.25. The molecule has 0 aliphatic carbocycles. The van der Waals surface area contributed by atoms with E-state index in [4.69, 9.17) is 9.97 Å². The van der Waals surface area contributed by atoms with Crippen LogP contribution in [0.2, 0.25) is 0 Å². The maximum absolute atomic E-state index is 4.82. The number of nitrogens with one attached hydrogen (secondary N) is 2. The molecule has 6 aromatic heterocycles.